The summed E-state index contributed by atoms with van der Waals surface area (Å²) in [4.78, 5) is 16.6. The van der Waals surface area contributed by atoms with Gasteiger partial charge in [0.2, 0.25) is 0 Å². The Morgan fingerprint density at radius 1 is 1.26 bits per heavy atom. The van der Waals surface area contributed by atoms with Gasteiger partial charge in [0.25, 0.3) is 5.91 Å². The molecule has 7 heteroatoms. The molecule has 0 saturated carbocycles. The molecule has 0 bridgehead atoms. The third kappa shape index (κ3) is 4.53. The fourth-order valence-corrected chi connectivity index (χ4v) is 3.82. The van der Waals surface area contributed by atoms with E-state index in [9.17, 15) is 18.3 Å². The predicted octanol–water partition coefficient (Wildman–Crippen LogP) is 0.537. The number of piperazine rings is 1. The molecule has 6 nitrogen and oxygen atoms in total. The van der Waals surface area contributed by atoms with E-state index < -0.39 is 9.84 Å². The number of nitrogens with zero attached hydrogens (tertiary/aromatic N) is 2. The second-order valence-electron chi connectivity index (χ2n) is 6.19. The van der Waals surface area contributed by atoms with Crippen LogP contribution in [0, 0.1) is 6.92 Å². The topological polar surface area (TPSA) is 77.9 Å². The SMILES string of the molecule is Cc1ccc(C(=O)N2CCN(C[C@@H](C)O)CC2)cc1S(C)(=O)=O. The van der Waals surface area contributed by atoms with Crippen molar-refractivity contribution in [2.45, 2.75) is 24.8 Å². The fraction of sp³-hybridized carbons (Fsp3) is 0.562. The minimum atomic E-state index is -3.35. The summed E-state index contributed by atoms with van der Waals surface area (Å²) in [5, 5.41) is 9.41. The molecule has 0 aliphatic carbocycles. The van der Waals surface area contributed by atoms with Crippen LogP contribution in [0.15, 0.2) is 23.1 Å². The fourth-order valence-electron chi connectivity index (χ4n) is 2.82. The van der Waals surface area contributed by atoms with Crippen LogP contribution in [0.1, 0.15) is 22.8 Å². The maximum atomic E-state index is 12.6. The van der Waals surface area contributed by atoms with Crippen molar-refractivity contribution in [2.75, 3.05) is 39.0 Å². The van der Waals surface area contributed by atoms with Crippen molar-refractivity contribution in [3.8, 4) is 0 Å². The van der Waals surface area contributed by atoms with Crippen LogP contribution in [0.25, 0.3) is 0 Å². The van der Waals surface area contributed by atoms with E-state index in [0.29, 0.717) is 43.9 Å². The van der Waals surface area contributed by atoms with Gasteiger partial charge in [0.1, 0.15) is 0 Å². The lowest BCUT2D eigenvalue weighted by Gasteiger charge is -2.35. The summed E-state index contributed by atoms with van der Waals surface area (Å²) < 4.78 is 23.6. The number of benzene rings is 1. The summed E-state index contributed by atoms with van der Waals surface area (Å²) in [7, 11) is -3.35. The Hall–Kier alpha value is -1.44. The van der Waals surface area contributed by atoms with E-state index >= 15 is 0 Å². The van der Waals surface area contributed by atoms with Gasteiger partial charge in [0.15, 0.2) is 9.84 Å². The van der Waals surface area contributed by atoms with Gasteiger partial charge in [-0.15, -0.1) is 0 Å². The molecule has 1 aromatic rings. The smallest absolute Gasteiger partial charge is 0.253 e. The normalized spacial score (nSPS) is 18.0. The second kappa shape index (κ2) is 6.98. The summed E-state index contributed by atoms with van der Waals surface area (Å²) in [5.74, 6) is -0.147. The molecular weight excluding hydrogens is 316 g/mol. The van der Waals surface area contributed by atoms with Crippen LogP contribution < -0.4 is 0 Å². The predicted molar refractivity (Wildman–Crippen MR) is 88.3 cm³/mol. The number of aliphatic hydroxyl groups is 1. The highest BCUT2D eigenvalue weighted by atomic mass is 32.2. The quantitative estimate of drug-likeness (QED) is 0.865. The lowest BCUT2D eigenvalue weighted by molar-refractivity contribution is 0.0554. The van der Waals surface area contributed by atoms with Crippen LogP contribution in [0.5, 0.6) is 0 Å². The Labute approximate surface area is 137 Å². The van der Waals surface area contributed by atoms with Crippen molar-refractivity contribution >= 4 is 15.7 Å². The van der Waals surface area contributed by atoms with Crippen LogP contribution in [-0.4, -0.2) is 74.3 Å². The van der Waals surface area contributed by atoms with Crippen molar-refractivity contribution < 1.29 is 18.3 Å². The molecular formula is C16H24N2O4S. The van der Waals surface area contributed by atoms with E-state index in [4.69, 9.17) is 0 Å². The first kappa shape index (κ1) is 17.9. The number of hydrogen-bond acceptors (Lipinski definition) is 5. The van der Waals surface area contributed by atoms with Gasteiger partial charge < -0.3 is 10.0 Å². The lowest BCUT2D eigenvalue weighted by Crippen LogP contribution is -2.50. The summed E-state index contributed by atoms with van der Waals surface area (Å²) in [6, 6.07) is 4.82. The van der Waals surface area contributed by atoms with E-state index in [1.165, 1.54) is 6.07 Å². The highest BCUT2D eigenvalue weighted by Gasteiger charge is 2.24. The lowest BCUT2D eigenvalue weighted by atomic mass is 10.1. The molecule has 1 aromatic carbocycles. The molecule has 0 radical (unpaired) electrons. The molecule has 128 valence electrons. The van der Waals surface area contributed by atoms with Crippen molar-refractivity contribution in [3.63, 3.8) is 0 Å². The molecule has 1 fully saturated rings. The van der Waals surface area contributed by atoms with Crippen molar-refractivity contribution in [2.24, 2.45) is 0 Å². The van der Waals surface area contributed by atoms with Crippen LogP contribution in [0.3, 0.4) is 0 Å². The zero-order chi connectivity index (χ0) is 17.2. The molecule has 1 heterocycles. The minimum Gasteiger partial charge on any atom is -0.392 e. The third-order valence-corrected chi connectivity index (χ3v) is 5.26. The Kier molecular flexibility index (Phi) is 5.44. The summed E-state index contributed by atoms with van der Waals surface area (Å²) in [5.41, 5.74) is 1.05. The van der Waals surface area contributed by atoms with Crippen LogP contribution in [-0.2, 0) is 9.84 Å². The molecule has 1 saturated heterocycles. The van der Waals surface area contributed by atoms with E-state index in [-0.39, 0.29) is 16.9 Å². The molecule has 1 aliphatic rings. The number of carbonyl (C=O) groups is 1. The molecule has 1 amide bonds. The molecule has 1 N–H and O–H groups in total. The first-order valence-corrected chi connectivity index (χ1v) is 9.58. The van der Waals surface area contributed by atoms with E-state index in [2.05, 4.69) is 4.90 Å². The van der Waals surface area contributed by atoms with Gasteiger partial charge in [-0.3, -0.25) is 9.69 Å². The average molecular weight is 340 g/mol. The number of aliphatic hydroxyl groups excluding tert-OH is 1. The van der Waals surface area contributed by atoms with Crippen LogP contribution in [0.4, 0.5) is 0 Å². The zero-order valence-corrected chi connectivity index (χ0v) is 14.6. The number of carbonyl (C=O) groups excluding carboxylic acids is 1. The van der Waals surface area contributed by atoms with E-state index in [1.54, 1.807) is 30.9 Å². The maximum absolute atomic E-state index is 12.6. The van der Waals surface area contributed by atoms with Gasteiger partial charge in [-0.25, -0.2) is 8.42 Å². The molecule has 23 heavy (non-hydrogen) atoms. The van der Waals surface area contributed by atoms with Crippen LogP contribution >= 0.6 is 0 Å². The number of sulfone groups is 1. The first-order chi connectivity index (χ1) is 10.7. The van der Waals surface area contributed by atoms with Gasteiger partial charge in [-0.2, -0.15) is 0 Å². The number of aryl methyl sites for hydroxylation is 1. The van der Waals surface area contributed by atoms with E-state index in [0.717, 1.165) is 6.26 Å². The molecule has 2 rings (SSSR count). The zero-order valence-electron chi connectivity index (χ0n) is 13.8. The Morgan fingerprint density at radius 3 is 2.39 bits per heavy atom. The van der Waals surface area contributed by atoms with E-state index in [1.807, 2.05) is 0 Å². The second-order valence-corrected chi connectivity index (χ2v) is 8.18. The number of amides is 1. The summed E-state index contributed by atoms with van der Waals surface area (Å²) >= 11 is 0. The molecule has 1 aliphatic heterocycles. The monoisotopic (exact) mass is 340 g/mol. The molecule has 0 aromatic heterocycles. The number of rotatable bonds is 4. The van der Waals surface area contributed by atoms with Gasteiger partial charge in [-0.05, 0) is 31.5 Å². The number of β-amino-alcohol motifs (C(OH)–C–C–N with tert-alkyl or cyclic N) is 1. The molecule has 0 spiro atoms. The minimum absolute atomic E-state index is 0.147. The average Bonchev–Trinajstić information content (AvgIpc) is 2.46. The third-order valence-electron chi connectivity index (χ3n) is 4.02. The summed E-state index contributed by atoms with van der Waals surface area (Å²) in [6.45, 7) is 6.64. The van der Waals surface area contributed by atoms with Gasteiger partial charge in [-0.1, -0.05) is 6.07 Å². The van der Waals surface area contributed by atoms with Crippen molar-refractivity contribution in [3.05, 3.63) is 29.3 Å². The Bertz CT molecular complexity index is 677. The van der Waals surface area contributed by atoms with Crippen molar-refractivity contribution in [1.82, 2.24) is 9.80 Å². The molecule has 0 unspecified atom stereocenters. The van der Waals surface area contributed by atoms with Gasteiger partial charge in [0.05, 0.1) is 11.0 Å². The number of hydrogen-bond donors (Lipinski definition) is 1. The maximum Gasteiger partial charge on any atom is 0.253 e. The van der Waals surface area contributed by atoms with Crippen LogP contribution in [0.2, 0.25) is 0 Å². The largest absolute Gasteiger partial charge is 0.392 e. The highest BCUT2D eigenvalue weighted by molar-refractivity contribution is 7.90. The summed E-state index contributed by atoms with van der Waals surface area (Å²) in [6.07, 6.45) is 0.768. The standard InChI is InChI=1S/C16H24N2O4S/c1-12-4-5-14(10-15(12)23(3,21)22)16(20)18-8-6-17(7-9-18)11-13(2)19/h4-5,10,13,19H,6-9,11H2,1-3H3/t13-/m1/s1. The van der Waals surface area contributed by atoms with Gasteiger partial charge in [0, 0.05) is 44.5 Å². The first-order valence-electron chi connectivity index (χ1n) is 7.69. The highest BCUT2D eigenvalue weighted by Crippen LogP contribution is 2.18. The Balaban J connectivity index is 2.10. The Morgan fingerprint density at radius 2 is 1.87 bits per heavy atom. The van der Waals surface area contributed by atoms with Crippen molar-refractivity contribution in [1.29, 1.82) is 0 Å². The molecule has 1 atom stereocenters. The van der Waals surface area contributed by atoms with Gasteiger partial charge >= 0.3 is 0 Å².